The summed E-state index contributed by atoms with van der Waals surface area (Å²) in [5.41, 5.74) is 4.23. The van der Waals surface area contributed by atoms with Crippen molar-refractivity contribution in [2.24, 2.45) is 0 Å². The van der Waals surface area contributed by atoms with Crippen molar-refractivity contribution in [1.82, 2.24) is 14.5 Å². The summed E-state index contributed by atoms with van der Waals surface area (Å²) in [4.78, 5) is 7.01. The van der Waals surface area contributed by atoms with Crippen LogP contribution in [0.4, 0.5) is 0 Å². The van der Waals surface area contributed by atoms with E-state index < -0.39 is 0 Å². The smallest absolute Gasteiger partial charge is 0.140 e. The molecule has 124 valence electrons. The minimum atomic E-state index is 0.437. The van der Waals surface area contributed by atoms with Gasteiger partial charge in [0.15, 0.2) is 0 Å². The Labute approximate surface area is 148 Å². The van der Waals surface area contributed by atoms with Gasteiger partial charge in [-0.25, -0.2) is 4.98 Å². The molecule has 1 aliphatic rings. The summed E-state index contributed by atoms with van der Waals surface area (Å²) in [6, 6.07) is 20.9. The molecular formula is C21H20N4. The minimum Gasteiger partial charge on any atom is -0.323 e. The predicted octanol–water partition coefficient (Wildman–Crippen LogP) is 3.79. The number of rotatable bonds is 4. The summed E-state index contributed by atoms with van der Waals surface area (Å²) < 4.78 is 2.35. The number of hydrogen-bond acceptors (Lipinski definition) is 3. The fourth-order valence-corrected chi connectivity index (χ4v) is 3.55. The third-order valence-electron chi connectivity index (χ3n) is 4.85. The van der Waals surface area contributed by atoms with Gasteiger partial charge in [0.25, 0.3) is 0 Å². The molecule has 4 nitrogen and oxygen atoms in total. The van der Waals surface area contributed by atoms with Gasteiger partial charge in [-0.3, -0.25) is 4.90 Å². The highest BCUT2D eigenvalue weighted by atomic mass is 15.3. The number of likely N-dealkylation sites (tertiary alicyclic amines) is 1. The first-order valence-electron chi connectivity index (χ1n) is 8.56. The Hall–Kier alpha value is -2.90. The van der Waals surface area contributed by atoms with E-state index in [-0.39, 0.29) is 0 Å². The second-order valence-electron chi connectivity index (χ2n) is 6.58. The number of nitrogens with zero attached hydrogens (tertiary/aromatic N) is 4. The van der Waals surface area contributed by atoms with Crippen LogP contribution in [0.5, 0.6) is 0 Å². The summed E-state index contributed by atoms with van der Waals surface area (Å²) in [6.45, 7) is 4.91. The van der Waals surface area contributed by atoms with Crippen LogP contribution < -0.4 is 0 Å². The summed E-state index contributed by atoms with van der Waals surface area (Å²) in [5.74, 6) is 1.04. The van der Waals surface area contributed by atoms with E-state index in [2.05, 4.69) is 51.7 Å². The van der Waals surface area contributed by atoms with Gasteiger partial charge in [0.05, 0.1) is 17.7 Å². The summed E-state index contributed by atoms with van der Waals surface area (Å²) >= 11 is 0. The first-order chi connectivity index (χ1) is 12.3. The van der Waals surface area contributed by atoms with Gasteiger partial charge in [-0.15, -0.1) is 0 Å². The number of imidazole rings is 1. The van der Waals surface area contributed by atoms with Crippen LogP contribution in [-0.2, 0) is 6.54 Å². The second kappa shape index (κ2) is 6.54. The Morgan fingerprint density at radius 1 is 1.08 bits per heavy atom. The topological polar surface area (TPSA) is 44.9 Å². The monoisotopic (exact) mass is 328 g/mol. The van der Waals surface area contributed by atoms with Gasteiger partial charge in [0.1, 0.15) is 5.82 Å². The quantitative estimate of drug-likeness (QED) is 0.732. The van der Waals surface area contributed by atoms with Crippen molar-refractivity contribution < 1.29 is 0 Å². The molecule has 0 unspecified atom stereocenters. The average molecular weight is 328 g/mol. The van der Waals surface area contributed by atoms with Crippen LogP contribution in [0.15, 0.2) is 60.8 Å². The molecule has 0 bridgehead atoms. The number of hydrogen-bond donors (Lipinski definition) is 0. The van der Waals surface area contributed by atoms with Crippen LogP contribution in [0.25, 0.3) is 11.4 Å². The van der Waals surface area contributed by atoms with Gasteiger partial charge in [-0.1, -0.05) is 48.5 Å². The summed E-state index contributed by atoms with van der Waals surface area (Å²) in [7, 11) is 0. The number of aromatic nitrogens is 2. The summed E-state index contributed by atoms with van der Waals surface area (Å²) in [6.07, 6.45) is 1.95. The highest BCUT2D eigenvalue weighted by Crippen LogP contribution is 2.30. The Morgan fingerprint density at radius 2 is 1.80 bits per heavy atom. The van der Waals surface area contributed by atoms with E-state index in [0.29, 0.717) is 6.04 Å². The van der Waals surface area contributed by atoms with E-state index in [0.717, 1.165) is 42.1 Å². The van der Waals surface area contributed by atoms with Crippen molar-refractivity contribution in [2.45, 2.75) is 19.5 Å². The fourth-order valence-electron chi connectivity index (χ4n) is 3.55. The molecule has 2 aromatic carbocycles. The van der Waals surface area contributed by atoms with E-state index in [1.54, 1.807) is 0 Å². The van der Waals surface area contributed by atoms with Crippen LogP contribution in [0.1, 0.15) is 22.9 Å². The molecule has 2 heterocycles. The molecular weight excluding hydrogens is 308 g/mol. The van der Waals surface area contributed by atoms with E-state index in [4.69, 9.17) is 0 Å². The fraction of sp³-hybridized carbons (Fsp3) is 0.238. The molecule has 3 aromatic rings. The van der Waals surface area contributed by atoms with E-state index in [1.165, 1.54) is 5.69 Å². The molecule has 25 heavy (non-hydrogen) atoms. The van der Waals surface area contributed by atoms with Crippen LogP contribution in [0.3, 0.4) is 0 Å². The molecule has 4 rings (SSSR count). The standard InChI is InChI=1S/C21H20N4/c1-16-12-23-21(17-7-3-2-4-8-17)25(16)20-14-24(15-20)13-19-10-6-5-9-18(19)11-22/h2-10,12,20H,13-15H2,1H3. The van der Waals surface area contributed by atoms with Gasteiger partial charge in [-0.2, -0.15) is 5.26 Å². The zero-order chi connectivity index (χ0) is 17.2. The van der Waals surface area contributed by atoms with Crippen LogP contribution in [0, 0.1) is 18.3 Å². The second-order valence-corrected chi connectivity index (χ2v) is 6.58. The maximum absolute atomic E-state index is 9.24. The first-order valence-corrected chi connectivity index (χ1v) is 8.56. The molecule has 0 saturated carbocycles. The van der Waals surface area contributed by atoms with Crippen molar-refractivity contribution in [2.75, 3.05) is 13.1 Å². The number of nitriles is 1. The highest BCUT2D eigenvalue weighted by Gasteiger charge is 2.31. The number of benzene rings is 2. The molecule has 0 atom stereocenters. The lowest BCUT2D eigenvalue weighted by Crippen LogP contribution is -2.47. The SMILES string of the molecule is Cc1cnc(-c2ccccc2)n1C1CN(Cc2ccccc2C#N)C1. The van der Waals surface area contributed by atoms with Crippen LogP contribution in [-0.4, -0.2) is 27.5 Å². The Bertz CT molecular complexity index is 915. The highest BCUT2D eigenvalue weighted by molar-refractivity contribution is 5.56. The Morgan fingerprint density at radius 3 is 2.56 bits per heavy atom. The van der Waals surface area contributed by atoms with Gasteiger partial charge < -0.3 is 4.57 Å². The molecule has 1 aliphatic heterocycles. The van der Waals surface area contributed by atoms with E-state index in [9.17, 15) is 5.26 Å². The van der Waals surface area contributed by atoms with Crippen molar-refractivity contribution in [3.05, 3.63) is 77.6 Å². The molecule has 0 amide bonds. The van der Waals surface area contributed by atoms with E-state index >= 15 is 0 Å². The maximum Gasteiger partial charge on any atom is 0.140 e. The normalized spacial score (nSPS) is 14.9. The Kier molecular flexibility index (Phi) is 4.09. The molecule has 0 aliphatic carbocycles. The molecule has 1 fully saturated rings. The van der Waals surface area contributed by atoms with Gasteiger partial charge in [0.2, 0.25) is 0 Å². The lowest BCUT2D eigenvalue weighted by molar-refractivity contribution is 0.0986. The molecule has 1 saturated heterocycles. The third-order valence-corrected chi connectivity index (χ3v) is 4.85. The molecule has 4 heteroatoms. The van der Waals surface area contributed by atoms with E-state index in [1.807, 2.05) is 36.5 Å². The predicted molar refractivity (Wildman–Crippen MR) is 97.9 cm³/mol. The minimum absolute atomic E-state index is 0.437. The first kappa shape index (κ1) is 15.6. The molecule has 0 radical (unpaired) electrons. The molecule has 0 spiro atoms. The maximum atomic E-state index is 9.24. The Balaban J connectivity index is 1.50. The lowest BCUT2D eigenvalue weighted by atomic mass is 10.0. The average Bonchev–Trinajstić information content (AvgIpc) is 3.00. The zero-order valence-electron chi connectivity index (χ0n) is 14.3. The van der Waals surface area contributed by atoms with Crippen molar-refractivity contribution >= 4 is 0 Å². The lowest BCUT2D eigenvalue weighted by Gasteiger charge is -2.41. The van der Waals surface area contributed by atoms with Crippen LogP contribution >= 0.6 is 0 Å². The van der Waals surface area contributed by atoms with Crippen LogP contribution in [0.2, 0.25) is 0 Å². The third kappa shape index (κ3) is 2.95. The largest absolute Gasteiger partial charge is 0.323 e. The van der Waals surface area contributed by atoms with Crippen molar-refractivity contribution in [3.63, 3.8) is 0 Å². The number of aryl methyl sites for hydroxylation is 1. The summed E-state index contributed by atoms with van der Waals surface area (Å²) in [5, 5.41) is 9.24. The van der Waals surface area contributed by atoms with Crippen molar-refractivity contribution in [1.29, 1.82) is 5.26 Å². The zero-order valence-corrected chi connectivity index (χ0v) is 14.3. The molecule has 1 aromatic heterocycles. The van der Waals surface area contributed by atoms with Gasteiger partial charge in [0, 0.05) is 37.1 Å². The van der Waals surface area contributed by atoms with Gasteiger partial charge in [-0.05, 0) is 18.6 Å². The van der Waals surface area contributed by atoms with Gasteiger partial charge >= 0.3 is 0 Å². The van der Waals surface area contributed by atoms with Crippen molar-refractivity contribution in [3.8, 4) is 17.5 Å². The molecule has 0 N–H and O–H groups in total.